The highest BCUT2D eigenvalue weighted by Gasteiger charge is 2.43. The summed E-state index contributed by atoms with van der Waals surface area (Å²) in [6.07, 6.45) is -3.53. The van der Waals surface area contributed by atoms with E-state index in [0.717, 1.165) is 0 Å². The van der Waals surface area contributed by atoms with Crippen LogP contribution in [0, 0.1) is 4.77 Å². The molecule has 26 heavy (non-hydrogen) atoms. The molecule has 0 saturated carbocycles. The summed E-state index contributed by atoms with van der Waals surface area (Å²) in [5.41, 5.74) is 0.0984. The molecule has 1 fully saturated rings. The molecule has 0 bridgehead atoms. The van der Waals surface area contributed by atoms with E-state index < -0.39 is 36.7 Å². The average Bonchev–Trinajstić information content (AvgIpc) is 2.92. The van der Waals surface area contributed by atoms with Gasteiger partial charge in [0.05, 0.1) is 6.61 Å². The normalized spacial score (nSPS) is 25.3. The van der Waals surface area contributed by atoms with Crippen LogP contribution >= 0.6 is 12.2 Å². The zero-order valence-electron chi connectivity index (χ0n) is 13.6. The zero-order chi connectivity index (χ0) is 18.8. The van der Waals surface area contributed by atoms with Crippen molar-refractivity contribution >= 4 is 18.0 Å². The maximum absolute atomic E-state index is 12.4. The molecule has 8 nitrogen and oxygen atoms in total. The van der Waals surface area contributed by atoms with Gasteiger partial charge in [0.2, 0.25) is 0 Å². The van der Waals surface area contributed by atoms with Gasteiger partial charge < -0.3 is 20.1 Å². The third kappa shape index (κ3) is 3.53. The number of aromatic amines is 1. The summed E-state index contributed by atoms with van der Waals surface area (Å²) >= 11 is 5.10. The van der Waals surface area contributed by atoms with Crippen molar-refractivity contribution in [2.45, 2.75) is 31.0 Å². The lowest BCUT2D eigenvalue weighted by atomic mass is 10.1. The van der Waals surface area contributed by atoms with E-state index in [1.54, 1.807) is 30.3 Å². The van der Waals surface area contributed by atoms with E-state index in [1.165, 1.54) is 10.8 Å². The van der Waals surface area contributed by atoms with Gasteiger partial charge in [-0.15, -0.1) is 0 Å². The summed E-state index contributed by atoms with van der Waals surface area (Å²) in [4.78, 5) is 27.0. The van der Waals surface area contributed by atoms with E-state index in [0.29, 0.717) is 5.56 Å². The molecule has 9 heteroatoms. The minimum absolute atomic E-state index is 0.0271. The molecule has 1 aliphatic rings. The summed E-state index contributed by atoms with van der Waals surface area (Å²) < 4.78 is 6.67. The van der Waals surface area contributed by atoms with E-state index in [-0.39, 0.29) is 22.5 Å². The Morgan fingerprint density at radius 2 is 1.92 bits per heavy atom. The van der Waals surface area contributed by atoms with Gasteiger partial charge in [-0.1, -0.05) is 30.3 Å². The van der Waals surface area contributed by atoms with E-state index in [2.05, 4.69) is 4.98 Å². The lowest BCUT2D eigenvalue weighted by Crippen LogP contribution is -2.33. The van der Waals surface area contributed by atoms with Crippen molar-refractivity contribution in [2.24, 2.45) is 0 Å². The molecule has 1 aromatic carbocycles. The topological polar surface area (TPSA) is 125 Å². The number of hydrogen-bond donors (Lipinski definition) is 4. The van der Waals surface area contributed by atoms with E-state index >= 15 is 0 Å². The fourth-order valence-electron chi connectivity index (χ4n) is 2.85. The number of aliphatic hydroxyl groups excluding tert-OH is 3. The van der Waals surface area contributed by atoms with Crippen LogP contribution in [0.1, 0.15) is 22.1 Å². The van der Waals surface area contributed by atoms with Crippen LogP contribution in [0.3, 0.4) is 0 Å². The number of rotatable bonds is 5. The molecule has 1 saturated heterocycles. The fraction of sp³-hybridized carbons (Fsp3) is 0.353. The summed E-state index contributed by atoms with van der Waals surface area (Å²) in [6, 6.07) is 8.54. The molecule has 0 unspecified atom stereocenters. The summed E-state index contributed by atoms with van der Waals surface area (Å²) in [5, 5.41) is 29.2. The highest BCUT2D eigenvalue weighted by Crippen LogP contribution is 2.29. The van der Waals surface area contributed by atoms with Crippen LogP contribution in [0.5, 0.6) is 0 Å². The number of aliphatic hydroxyl groups is 3. The number of aromatic nitrogens is 2. The van der Waals surface area contributed by atoms with Gasteiger partial charge >= 0.3 is 0 Å². The van der Waals surface area contributed by atoms with Crippen LogP contribution in [0.25, 0.3) is 0 Å². The molecule has 2 heterocycles. The second-order valence-corrected chi connectivity index (χ2v) is 6.40. The Bertz CT molecular complexity index is 909. The maximum atomic E-state index is 12.4. The van der Waals surface area contributed by atoms with Gasteiger partial charge in [0.1, 0.15) is 18.3 Å². The first-order chi connectivity index (χ1) is 12.4. The van der Waals surface area contributed by atoms with E-state index in [1.807, 2.05) is 0 Å². The highest BCUT2D eigenvalue weighted by molar-refractivity contribution is 7.71. The average molecular weight is 378 g/mol. The molecular formula is C17H18N2O6S. The molecule has 0 spiro atoms. The number of carbonyl (C=O) groups is 1. The number of benzene rings is 1. The van der Waals surface area contributed by atoms with E-state index in [9.17, 15) is 24.9 Å². The van der Waals surface area contributed by atoms with Crippen LogP contribution in [-0.2, 0) is 11.2 Å². The lowest BCUT2D eigenvalue weighted by Gasteiger charge is -2.19. The molecule has 3 rings (SSSR count). The Balaban J connectivity index is 1.92. The van der Waals surface area contributed by atoms with Gasteiger partial charge in [0.15, 0.2) is 16.8 Å². The second kappa shape index (κ2) is 7.60. The molecule has 0 amide bonds. The first kappa shape index (κ1) is 18.6. The third-order valence-electron chi connectivity index (χ3n) is 4.28. The molecule has 1 aliphatic heterocycles. The van der Waals surface area contributed by atoms with Gasteiger partial charge in [0.25, 0.3) is 5.56 Å². The van der Waals surface area contributed by atoms with Crippen molar-refractivity contribution < 1.29 is 24.9 Å². The van der Waals surface area contributed by atoms with Crippen molar-refractivity contribution in [3.05, 3.63) is 62.8 Å². The number of nitrogens with zero attached hydrogens (tertiary/aromatic N) is 1. The van der Waals surface area contributed by atoms with Gasteiger partial charge in [-0.2, -0.15) is 0 Å². The Kier molecular flexibility index (Phi) is 5.44. The minimum atomic E-state index is -1.34. The number of nitrogens with one attached hydrogen (secondary N) is 1. The molecule has 0 aliphatic carbocycles. The highest BCUT2D eigenvalue weighted by atomic mass is 32.1. The predicted octanol–water partition coefficient (Wildman–Crippen LogP) is -0.0572. The molecule has 1 aromatic heterocycles. The Morgan fingerprint density at radius 1 is 1.23 bits per heavy atom. The smallest absolute Gasteiger partial charge is 0.255 e. The number of ketones is 1. The van der Waals surface area contributed by atoms with Gasteiger partial charge in [-0.3, -0.25) is 19.1 Å². The van der Waals surface area contributed by atoms with Crippen LogP contribution < -0.4 is 5.56 Å². The lowest BCUT2D eigenvalue weighted by molar-refractivity contribution is -0.0542. The largest absolute Gasteiger partial charge is 0.394 e. The van der Waals surface area contributed by atoms with Crippen LogP contribution in [-0.4, -0.2) is 55.6 Å². The van der Waals surface area contributed by atoms with E-state index in [4.69, 9.17) is 17.0 Å². The number of Topliss-reactive ketones (excluding diaryl/α,β-unsaturated/α-hetero) is 1. The van der Waals surface area contributed by atoms with Crippen LogP contribution in [0.4, 0.5) is 0 Å². The summed E-state index contributed by atoms with van der Waals surface area (Å²) in [5.74, 6) is -0.249. The quantitative estimate of drug-likeness (QED) is 0.424. The first-order valence-corrected chi connectivity index (χ1v) is 8.38. The number of ether oxygens (including phenoxy) is 1. The third-order valence-corrected chi connectivity index (χ3v) is 4.59. The summed E-state index contributed by atoms with van der Waals surface area (Å²) in [7, 11) is 0. The monoisotopic (exact) mass is 378 g/mol. The maximum Gasteiger partial charge on any atom is 0.255 e. The zero-order valence-corrected chi connectivity index (χ0v) is 14.4. The minimum Gasteiger partial charge on any atom is -0.394 e. The van der Waals surface area contributed by atoms with Crippen molar-refractivity contribution in [1.29, 1.82) is 0 Å². The molecular weight excluding hydrogens is 360 g/mol. The van der Waals surface area contributed by atoms with Crippen LogP contribution in [0.2, 0.25) is 0 Å². The Labute approximate surface area is 153 Å². The first-order valence-electron chi connectivity index (χ1n) is 7.97. The molecule has 138 valence electrons. The number of carbonyl (C=O) groups excluding carboxylic acids is 1. The van der Waals surface area contributed by atoms with Crippen molar-refractivity contribution in [3.8, 4) is 0 Å². The standard InChI is InChI=1S/C17H18N2O6S/c20-8-12-13(22)14(23)16(25-12)19-7-10(15(24)18-17(19)26)6-11(21)9-4-2-1-3-5-9/h1-5,7,12-14,16,20,22-23H,6,8H2,(H,18,24,26)/t12-,13-,14-,16-/m1/s1. The van der Waals surface area contributed by atoms with Gasteiger partial charge in [0, 0.05) is 23.7 Å². The molecule has 2 aromatic rings. The van der Waals surface area contributed by atoms with Crippen molar-refractivity contribution in [2.75, 3.05) is 6.61 Å². The number of hydrogen-bond acceptors (Lipinski definition) is 7. The Morgan fingerprint density at radius 3 is 2.54 bits per heavy atom. The van der Waals surface area contributed by atoms with Crippen LogP contribution in [0.15, 0.2) is 41.3 Å². The summed E-state index contributed by atoms with van der Waals surface area (Å²) in [6.45, 7) is -0.481. The molecule has 4 atom stereocenters. The second-order valence-electron chi connectivity index (χ2n) is 6.02. The number of H-pyrrole nitrogens is 1. The Hall–Kier alpha value is -2.17. The SMILES string of the molecule is O=C(Cc1cn([C@@H]2O[C@H](CO)[C@@H](O)[C@H]2O)c(=S)[nH]c1=O)c1ccccc1. The fourth-order valence-corrected chi connectivity index (χ4v) is 3.10. The van der Waals surface area contributed by atoms with Gasteiger partial charge in [-0.05, 0) is 12.2 Å². The van der Waals surface area contributed by atoms with Crippen molar-refractivity contribution in [3.63, 3.8) is 0 Å². The predicted molar refractivity (Wildman–Crippen MR) is 93.4 cm³/mol. The molecule has 0 radical (unpaired) electrons. The van der Waals surface area contributed by atoms with Gasteiger partial charge in [-0.25, -0.2) is 0 Å². The van der Waals surface area contributed by atoms with Crippen molar-refractivity contribution in [1.82, 2.24) is 9.55 Å². The molecule has 4 N–H and O–H groups in total.